The molecule has 1 saturated carbocycles. The van der Waals surface area contributed by atoms with E-state index in [-0.39, 0.29) is 24.1 Å². The Morgan fingerprint density at radius 3 is 2.58 bits per heavy atom. The number of anilines is 2. The molecule has 1 aromatic carbocycles. The molecule has 0 radical (unpaired) electrons. The molecule has 0 unspecified atom stereocenters. The van der Waals surface area contributed by atoms with Gasteiger partial charge in [-0.05, 0) is 61.9 Å². The predicted octanol–water partition coefficient (Wildman–Crippen LogP) is 4.20. The summed E-state index contributed by atoms with van der Waals surface area (Å²) in [6, 6.07) is 8.54. The molecule has 1 fully saturated rings. The maximum atomic E-state index is 12.4. The highest BCUT2D eigenvalue weighted by atomic mass is 32.1. The largest absolute Gasteiger partial charge is 0.573 e. The zero-order chi connectivity index (χ0) is 27.1. The molecule has 1 N–H and O–H groups in total. The van der Waals surface area contributed by atoms with E-state index in [1.807, 2.05) is 6.19 Å². The van der Waals surface area contributed by atoms with Gasteiger partial charge in [-0.1, -0.05) is 23.5 Å². The summed E-state index contributed by atoms with van der Waals surface area (Å²) in [5.41, 5.74) is 1.08. The Kier molecular flexibility index (Phi) is 8.47. The highest BCUT2D eigenvalue weighted by molar-refractivity contribution is 7.15. The predicted molar refractivity (Wildman–Crippen MR) is 130 cm³/mol. The molecule has 14 heteroatoms. The van der Waals surface area contributed by atoms with E-state index in [0.717, 1.165) is 53.4 Å². The van der Waals surface area contributed by atoms with E-state index < -0.39 is 18.0 Å². The SMILES string of the molecule is N#CN(C(=O)C1CC1)c1nnc(CCCCc2ccc(NC(=O)Cc3cccc(OC(F)(F)F)c3)nn2)s1. The van der Waals surface area contributed by atoms with Crippen LogP contribution in [-0.4, -0.2) is 38.6 Å². The van der Waals surface area contributed by atoms with Gasteiger partial charge in [0.1, 0.15) is 10.8 Å². The number of carbonyl (C=O) groups is 2. The topological polar surface area (TPSA) is 134 Å². The zero-order valence-electron chi connectivity index (χ0n) is 19.9. The Morgan fingerprint density at radius 1 is 1.11 bits per heavy atom. The number of amides is 2. The maximum Gasteiger partial charge on any atom is 0.573 e. The van der Waals surface area contributed by atoms with Gasteiger partial charge in [-0.15, -0.1) is 28.5 Å². The second-order valence-electron chi connectivity index (χ2n) is 8.56. The number of rotatable bonds is 11. The van der Waals surface area contributed by atoms with Crippen LogP contribution in [0.2, 0.25) is 0 Å². The van der Waals surface area contributed by atoms with Crippen molar-refractivity contribution in [3.8, 4) is 11.9 Å². The van der Waals surface area contributed by atoms with E-state index in [1.54, 1.807) is 12.1 Å². The van der Waals surface area contributed by atoms with Gasteiger partial charge < -0.3 is 10.1 Å². The van der Waals surface area contributed by atoms with E-state index in [9.17, 15) is 28.0 Å². The molecule has 3 aromatic rings. The molecule has 2 amide bonds. The smallest absolute Gasteiger partial charge is 0.406 e. The number of carbonyl (C=O) groups excluding carboxylic acids is 2. The van der Waals surface area contributed by atoms with Gasteiger partial charge in [-0.2, -0.15) is 15.3 Å². The average Bonchev–Trinajstić information content (AvgIpc) is 3.61. The number of nitrogens with one attached hydrogen (secondary N) is 1. The number of ether oxygens (including phenoxy) is 1. The molecule has 10 nitrogen and oxygen atoms in total. The quantitative estimate of drug-likeness (QED) is 0.215. The molecular weight excluding hydrogens is 523 g/mol. The van der Waals surface area contributed by atoms with Crippen molar-refractivity contribution in [3.05, 3.63) is 52.7 Å². The first-order valence-corrected chi connectivity index (χ1v) is 12.5. The molecule has 0 aliphatic heterocycles. The van der Waals surface area contributed by atoms with Crippen LogP contribution in [0.3, 0.4) is 0 Å². The summed E-state index contributed by atoms with van der Waals surface area (Å²) in [5.74, 6) is -0.932. The first-order valence-electron chi connectivity index (χ1n) is 11.7. The van der Waals surface area contributed by atoms with Crippen molar-refractivity contribution in [1.29, 1.82) is 5.26 Å². The molecular formula is C24H22F3N7O3S. The number of alkyl halides is 3. The van der Waals surface area contributed by atoms with Crippen molar-refractivity contribution in [2.24, 2.45) is 5.92 Å². The van der Waals surface area contributed by atoms with Crippen LogP contribution in [-0.2, 0) is 28.9 Å². The highest BCUT2D eigenvalue weighted by Gasteiger charge is 2.35. The fraction of sp³-hybridized carbons (Fsp3) is 0.375. The van der Waals surface area contributed by atoms with E-state index in [1.165, 1.54) is 23.5 Å². The first kappa shape index (κ1) is 26.9. The van der Waals surface area contributed by atoms with Crippen LogP contribution in [0.5, 0.6) is 5.75 Å². The summed E-state index contributed by atoms with van der Waals surface area (Å²) < 4.78 is 41.0. The summed E-state index contributed by atoms with van der Waals surface area (Å²) in [6.45, 7) is 0. The maximum absolute atomic E-state index is 12.4. The first-order chi connectivity index (χ1) is 18.2. The molecule has 198 valence electrons. The van der Waals surface area contributed by atoms with Crippen molar-refractivity contribution in [3.63, 3.8) is 0 Å². The molecule has 0 bridgehead atoms. The summed E-state index contributed by atoms with van der Waals surface area (Å²) in [7, 11) is 0. The molecule has 1 aliphatic carbocycles. The van der Waals surface area contributed by atoms with Crippen molar-refractivity contribution in [2.75, 3.05) is 10.2 Å². The molecule has 0 spiro atoms. The Hall–Kier alpha value is -4.12. The Balaban J connectivity index is 1.19. The molecule has 4 rings (SSSR count). The Bertz CT molecular complexity index is 1320. The minimum atomic E-state index is -4.81. The summed E-state index contributed by atoms with van der Waals surface area (Å²) in [4.78, 5) is 25.4. The number of halogens is 3. The average molecular weight is 546 g/mol. The molecule has 2 aromatic heterocycles. The zero-order valence-corrected chi connectivity index (χ0v) is 20.8. The van der Waals surface area contributed by atoms with Crippen molar-refractivity contribution in [2.45, 2.75) is 51.3 Å². The molecule has 38 heavy (non-hydrogen) atoms. The van der Waals surface area contributed by atoms with E-state index in [4.69, 9.17) is 0 Å². The fourth-order valence-corrected chi connectivity index (χ4v) is 4.35. The number of nitriles is 1. The van der Waals surface area contributed by atoms with Gasteiger partial charge >= 0.3 is 6.36 Å². The lowest BCUT2D eigenvalue weighted by atomic mass is 10.1. The number of unbranched alkanes of at least 4 members (excludes halogenated alkanes) is 1. The molecule has 1 aliphatic rings. The number of aromatic nitrogens is 4. The van der Waals surface area contributed by atoms with Gasteiger partial charge in [-0.25, -0.2) is 0 Å². The van der Waals surface area contributed by atoms with Crippen LogP contribution in [0, 0.1) is 17.4 Å². The highest BCUT2D eigenvalue weighted by Crippen LogP contribution is 2.33. The van der Waals surface area contributed by atoms with Gasteiger partial charge in [0.05, 0.1) is 12.1 Å². The number of nitrogens with zero attached hydrogens (tertiary/aromatic N) is 6. The number of benzene rings is 1. The van der Waals surface area contributed by atoms with Crippen LogP contribution in [0.4, 0.5) is 24.1 Å². The number of hydrogen-bond donors (Lipinski definition) is 1. The van der Waals surface area contributed by atoms with Crippen molar-refractivity contribution >= 4 is 34.1 Å². The summed E-state index contributed by atoms with van der Waals surface area (Å²) in [6.07, 6.45) is 1.38. The van der Waals surface area contributed by atoms with Crippen LogP contribution < -0.4 is 15.0 Å². The third-order valence-corrected chi connectivity index (χ3v) is 6.42. The summed E-state index contributed by atoms with van der Waals surface area (Å²) in [5, 5.41) is 29.0. The van der Waals surface area contributed by atoms with Crippen molar-refractivity contribution < 1.29 is 27.5 Å². The van der Waals surface area contributed by atoms with Gasteiger partial charge in [0.15, 0.2) is 12.0 Å². The number of hydrogen-bond acceptors (Lipinski definition) is 9. The van der Waals surface area contributed by atoms with Crippen LogP contribution >= 0.6 is 11.3 Å². The minimum absolute atomic E-state index is 0.0818. The molecule has 2 heterocycles. The lowest BCUT2D eigenvalue weighted by molar-refractivity contribution is -0.274. The summed E-state index contributed by atoms with van der Waals surface area (Å²) >= 11 is 1.23. The van der Waals surface area contributed by atoms with E-state index in [2.05, 4.69) is 30.4 Å². The normalized spacial score (nSPS) is 13.0. The molecule has 0 atom stereocenters. The van der Waals surface area contributed by atoms with Crippen molar-refractivity contribution in [1.82, 2.24) is 20.4 Å². The standard InChI is InChI=1S/C24H22F3N7O3S/c25-24(26,27)37-18-6-3-4-15(12-18)13-20(35)29-19-11-10-17(30-31-19)5-1-2-7-21-32-33-23(38-21)34(14-28)22(36)16-8-9-16/h3-4,6,10-12,16H,1-2,5,7-9,13H2,(H,29,31,35). The van der Waals surface area contributed by atoms with Crippen LogP contribution in [0.1, 0.15) is 41.9 Å². The fourth-order valence-electron chi connectivity index (χ4n) is 3.50. The lowest BCUT2D eigenvalue weighted by Gasteiger charge is -2.10. The second-order valence-corrected chi connectivity index (χ2v) is 9.60. The van der Waals surface area contributed by atoms with Gasteiger partial charge in [0, 0.05) is 12.3 Å². The van der Waals surface area contributed by atoms with Gasteiger partial charge in [-0.3, -0.25) is 9.59 Å². The molecule has 0 saturated heterocycles. The monoisotopic (exact) mass is 545 g/mol. The minimum Gasteiger partial charge on any atom is -0.406 e. The third kappa shape index (κ3) is 7.94. The number of aryl methyl sites for hydroxylation is 2. The van der Waals surface area contributed by atoms with Crippen LogP contribution in [0.25, 0.3) is 0 Å². The Labute approximate surface area is 219 Å². The second kappa shape index (κ2) is 12.0. The van der Waals surface area contributed by atoms with Crippen LogP contribution in [0.15, 0.2) is 36.4 Å². The van der Waals surface area contributed by atoms with Gasteiger partial charge in [0.2, 0.25) is 16.9 Å². The van der Waals surface area contributed by atoms with Gasteiger partial charge in [0.25, 0.3) is 0 Å². The van der Waals surface area contributed by atoms with E-state index >= 15 is 0 Å². The Morgan fingerprint density at radius 2 is 1.89 bits per heavy atom. The lowest BCUT2D eigenvalue weighted by Crippen LogP contribution is -2.26. The third-order valence-electron chi connectivity index (χ3n) is 5.45. The van der Waals surface area contributed by atoms with E-state index in [0.29, 0.717) is 23.5 Å².